The fourth-order valence-corrected chi connectivity index (χ4v) is 3.98. The summed E-state index contributed by atoms with van der Waals surface area (Å²) in [6.45, 7) is 14.7. The first kappa shape index (κ1) is 40.7. The molecule has 44 heavy (non-hydrogen) atoms. The fourth-order valence-electron chi connectivity index (χ4n) is 3.98. The number of ether oxygens (including phenoxy) is 10. The van der Waals surface area contributed by atoms with Crippen LogP contribution in [0.25, 0.3) is 0 Å². The zero-order chi connectivity index (χ0) is 31.4. The van der Waals surface area contributed by atoms with Crippen LogP contribution in [-0.4, -0.2) is 126 Å². The summed E-state index contributed by atoms with van der Waals surface area (Å²) < 4.78 is 54.8. The van der Waals surface area contributed by atoms with Crippen molar-refractivity contribution >= 4 is 0 Å². The Bertz CT molecular complexity index is 677. The van der Waals surface area contributed by atoms with E-state index in [4.69, 9.17) is 47.4 Å². The van der Waals surface area contributed by atoms with E-state index in [1.807, 2.05) is 6.92 Å². The molecule has 1 aromatic carbocycles. The largest absolute Gasteiger partial charge is 0.491 e. The number of benzene rings is 1. The van der Waals surface area contributed by atoms with Gasteiger partial charge in [-0.25, -0.2) is 0 Å². The second kappa shape index (κ2) is 34.5. The topological polar surface area (TPSA) is 92.3 Å². The van der Waals surface area contributed by atoms with Crippen molar-refractivity contribution in [1.82, 2.24) is 0 Å². The molecule has 1 rings (SSSR count). The second-order valence-corrected chi connectivity index (χ2v) is 10.1. The number of rotatable bonds is 36. The minimum Gasteiger partial charge on any atom is -0.491 e. The van der Waals surface area contributed by atoms with Gasteiger partial charge in [-0.2, -0.15) is 0 Å². The normalized spacial score (nSPS) is 11.4. The van der Waals surface area contributed by atoms with Gasteiger partial charge < -0.3 is 47.4 Å². The van der Waals surface area contributed by atoms with Crippen molar-refractivity contribution in [3.8, 4) is 5.75 Å². The average molecular weight is 631 g/mol. The van der Waals surface area contributed by atoms with Gasteiger partial charge in [-0.1, -0.05) is 51.2 Å². The molecule has 0 unspecified atom stereocenters. The van der Waals surface area contributed by atoms with E-state index >= 15 is 0 Å². The number of hydrogen-bond donors (Lipinski definition) is 0. The Morgan fingerprint density at radius 2 is 0.705 bits per heavy atom. The molecule has 258 valence electrons. The van der Waals surface area contributed by atoms with Gasteiger partial charge in [0.25, 0.3) is 0 Å². The van der Waals surface area contributed by atoms with Gasteiger partial charge in [0, 0.05) is 6.61 Å². The third-order valence-electron chi connectivity index (χ3n) is 6.42. The lowest BCUT2D eigenvalue weighted by Gasteiger charge is -2.09. The van der Waals surface area contributed by atoms with Crippen LogP contribution in [0.4, 0.5) is 0 Å². The molecule has 1 aromatic rings. The highest BCUT2D eigenvalue weighted by atomic mass is 16.6. The summed E-state index contributed by atoms with van der Waals surface area (Å²) in [7, 11) is 0. The van der Waals surface area contributed by atoms with E-state index < -0.39 is 0 Å². The molecule has 10 heteroatoms. The van der Waals surface area contributed by atoms with E-state index in [-0.39, 0.29) is 0 Å². The molecule has 0 aliphatic carbocycles. The summed E-state index contributed by atoms with van der Waals surface area (Å²) in [6.07, 6.45) is 9.11. The highest BCUT2D eigenvalue weighted by Crippen LogP contribution is 2.15. The summed E-state index contributed by atoms with van der Waals surface area (Å²) in [5.74, 6) is 0.889. The molecule has 0 aliphatic rings. The summed E-state index contributed by atoms with van der Waals surface area (Å²) in [5.41, 5.74) is 1.38. The minimum absolute atomic E-state index is 0.525. The van der Waals surface area contributed by atoms with Gasteiger partial charge in [0.15, 0.2) is 0 Å². The molecule has 0 radical (unpaired) electrons. The average Bonchev–Trinajstić information content (AvgIpc) is 3.04. The molecule has 0 saturated carbocycles. The van der Waals surface area contributed by atoms with Crippen molar-refractivity contribution in [1.29, 1.82) is 0 Å². The predicted molar refractivity (Wildman–Crippen MR) is 172 cm³/mol. The van der Waals surface area contributed by atoms with Crippen LogP contribution in [-0.2, 0) is 49.1 Å². The Hall–Kier alpha value is -1.34. The Balaban J connectivity index is 1.71. The molecule has 0 spiro atoms. The zero-order valence-electron chi connectivity index (χ0n) is 27.8. The second-order valence-electron chi connectivity index (χ2n) is 10.1. The van der Waals surface area contributed by atoms with Gasteiger partial charge in [0.2, 0.25) is 0 Å². The third kappa shape index (κ3) is 29.4. The van der Waals surface area contributed by atoms with E-state index in [9.17, 15) is 0 Å². The van der Waals surface area contributed by atoms with Crippen LogP contribution >= 0.6 is 0 Å². The number of unbranched alkanes of at least 4 members (excludes halogenated alkanes) is 5. The maximum atomic E-state index is 5.77. The van der Waals surface area contributed by atoms with Crippen LogP contribution in [0.2, 0.25) is 0 Å². The van der Waals surface area contributed by atoms with Crippen LogP contribution in [0.1, 0.15) is 57.9 Å². The van der Waals surface area contributed by atoms with Crippen LogP contribution in [0.5, 0.6) is 5.75 Å². The smallest absolute Gasteiger partial charge is 0.119 e. The molecule has 0 aliphatic heterocycles. The molecule has 0 fully saturated rings. The molecular formula is C34H62O10. The van der Waals surface area contributed by atoms with E-state index in [1.165, 1.54) is 44.1 Å². The summed E-state index contributed by atoms with van der Waals surface area (Å²) in [6, 6.07) is 8.44. The van der Waals surface area contributed by atoms with Crippen LogP contribution in [0.3, 0.4) is 0 Å². The number of aryl methyl sites for hydroxylation is 1. The van der Waals surface area contributed by atoms with Crippen molar-refractivity contribution in [3.05, 3.63) is 29.8 Å². The van der Waals surface area contributed by atoms with Gasteiger partial charge in [0.1, 0.15) is 12.4 Å². The maximum Gasteiger partial charge on any atom is 0.119 e. The first-order valence-corrected chi connectivity index (χ1v) is 16.8. The van der Waals surface area contributed by atoms with E-state index in [0.717, 1.165) is 12.2 Å². The van der Waals surface area contributed by atoms with Crippen LogP contribution < -0.4 is 4.74 Å². The molecule has 0 bridgehead atoms. The van der Waals surface area contributed by atoms with Crippen molar-refractivity contribution in [2.45, 2.75) is 58.8 Å². The first-order valence-electron chi connectivity index (χ1n) is 16.8. The predicted octanol–water partition coefficient (Wildman–Crippen LogP) is 5.14. The summed E-state index contributed by atoms with van der Waals surface area (Å²) in [5, 5.41) is 0. The van der Waals surface area contributed by atoms with Gasteiger partial charge in [-0.15, -0.1) is 0 Å². The highest BCUT2D eigenvalue weighted by Gasteiger charge is 1.99. The minimum atomic E-state index is 0.525. The van der Waals surface area contributed by atoms with Gasteiger partial charge >= 0.3 is 0 Å². The number of hydrogen-bond acceptors (Lipinski definition) is 10. The summed E-state index contributed by atoms with van der Waals surface area (Å²) >= 11 is 0. The van der Waals surface area contributed by atoms with Gasteiger partial charge in [0.05, 0.1) is 112 Å². The molecule has 0 atom stereocenters. The first-order chi connectivity index (χ1) is 21.9. The Kier molecular flexibility index (Phi) is 31.9. The highest BCUT2D eigenvalue weighted by molar-refractivity contribution is 5.27. The van der Waals surface area contributed by atoms with Gasteiger partial charge in [-0.05, 0) is 37.5 Å². The third-order valence-corrected chi connectivity index (χ3v) is 6.42. The lowest BCUT2D eigenvalue weighted by atomic mass is 10.0. The Morgan fingerprint density at radius 3 is 1.09 bits per heavy atom. The molecule has 0 aromatic heterocycles. The Labute approximate surface area is 267 Å². The molecule has 10 nitrogen and oxygen atoms in total. The quantitative estimate of drug-likeness (QED) is 0.0929. The van der Waals surface area contributed by atoms with E-state index in [0.29, 0.717) is 126 Å². The summed E-state index contributed by atoms with van der Waals surface area (Å²) in [4.78, 5) is 0. The standard InChI is InChI=1S/C34H62O10/c1-3-5-6-7-8-9-10-33-11-13-34(14-12-33)44-32-31-43-30-29-42-28-27-41-26-25-40-24-23-39-22-21-38-20-19-37-18-17-36-16-15-35-4-2/h11-14H,3-10,15-32H2,1-2H3. The lowest BCUT2D eigenvalue weighted by Crippen LogP contribution is -2.15. The van der Waals surface area contributed by atoms with Crippen molar-refractivity contribution < 1.29 is 47.4 Å². The maximum absolute atomic E-state index is 5.77. The van der Waals surface area contributed by atoms with Crippen LogP contribution in [0, 0.1) is 0 Å². The molecule has 0 heterocycles. The van der Waals surface area contributed by atoms with Crippen molar-refractivity contribution in [2.75, 3.05) is 126 Å². The Morgan fingerprint density at radius 1 is 0.364 bits per heavy atom. The monoisotopic (exact) mass is 630 g/mol. The van der Waals surface area contributed by atoms with Crippen molar-refractivity contribution in [3.63, 3.8) is 0 Å². The molecule has 0 N–H and O–H groups in total. The van der Waals surface area contributed by atoms with Crippen LogP contribution in [0.15, 0.2) is 24.3 Å². The van der Waals surface area contributed by atoms with E-state index in [2.05, 4.69) is 31.2 Å². The fraction of sp³-hybridized carbons (Fsp3) is 0.824. The van der Waals surface area contributed by atoms with E-state index in [1.54, 1.807) is 0 Å². The SMILES string of the molecule is CCCCCCCCc1ccc(OCCOCCOCCOCCOCCOCCOCCOCCOCCOCC)cc1. The lowest BCUT2D eigenvalue weighted by molar-refractivity contribution is -0.0252. The molecule has 0 saturated heterocycles. The molecular weight excluding hydrogens is 568 g/mol. The molecule has 0 amide bonds. The van der Waals surface area contributed by atoms with Crippen molar-refractivity contribution in [2.24, 2.45) is 0 Å². The van der Waals surface area contributed by atoms with Gasteiger partial charge in [-0.3, -0.25) is 0 Å². The zero-order valence-corrected chi connectivity index (χ0v) is 27.8.